The van der Waals surface area contributed by atoms with E-state index in [2.05, 4.69) is 17.1 Å². The highest BCUT2D eigenvalue weighted by Gasteiger charge is 2.40. The van der Waals surface area contributed by atoms with Crippen LogP contribution in [0.3, 0.4) is 0 Å². The van der Waals surface area contributed by atoms with Crippen molar-refractivity contribution in [1.29, 1.82) is 0 Å². The van der Waals surface area contributed by atoms with E-state index in [-0.39, 0.29) is 12.1 Å². The SMILES string of the molecule is CC1CN(CCCOCC(F)(F)F)C2(CCCCC2)CN1. The van der Waals surface area contributed by atoms with E-state index in [0.29, 0.717) is 12.5 Å². The van der Waals surface area contributed by atoms with Crippen LogP contribution in [0.25, 0.3) is 0 Å². The Morgan fingerprint density at radius 1 is 1.24 bits per heavy atom. The molecule has 1 aliphatic heterocycles. The smallest absolute Gasteiger partial charge is 0.372 e. The molecule has 0 amide bonds. The molecule has 0 aromatic heterocycles. The molecule has 0 bridgehead atoms. The fourth-order valence-electron chi connectivity index (χ4n) is 3.64. The van der Waals surface area contributed by atoms with Crippen molar-refractivity contribution < 1.29 is 17.9 Å². The molecule has 1 saturated carbocycles. The summed E-state index contributed by atoms with van der Waals surface area (Å²) < 4.78 is 40.8. The first kappa shape index (κ1) is 17.0. The van der Waals surface area contributed by atoms with Gasteiger partial charge in [-0.05, 0) is 26.2 Å². The van der Waals surface area contributed by atoms with Crippen LogP contribution < -0.4 is 5.32 Å². The third kappa shape index (κ3) is 5.11. The van der Waals surface area contributed by atoms with Crippen molar-refractivity contribution in [2.45, 2.75) is 63.2 Å². The third-order valence-electron chi connectivity index (χ3n) is 4.71. The summed E-state index contributed by atoms with van der Waals surface area (Å²) in [6.07, 6.45) is 2.69. The van der Waals surface area contributed by atoms with E-state index >= 15 is 0 Å². The van der Waals surface area contributed by atoms with Crippen molar-refractivity contribution in [3.05, 3.63) is 0 Å². The van der Waals surface area contributed by atoms with Gasteiger partial charge in [-0.2, -0.15) is 13.2 Å². The Kier molecular flexibility index (Phi) is 5.91. The van der Waals surface area contributed by atoms with Crippen LogP contribution in [0.2, 0.25) is 0 Å². The van der Waals surface area contributed by atoms with Crippen LogP contribution in [0.15, 0.2) is 0 Å². The van der Waals surface area contributed by atoms with Gasteiger partial charge in [0.05, 0.1) is 0 Å². The summed E-state index contributed by atoms with van der Waals surface area (Å²) in [7, 11) is 0. The first-order valence-corrected chi connectivity index (χ1v) is 8.04. The maximum absolute atomic E-state index is 12.0. The molecule has 1 aliphatic carbocycles. The van der Waals surface area contributed by atoms with Crippen LogP contribution in [0.1, 0.15) is 45.4 Å². The predicted molar refractivity (Wildman–Crippen MR) is 76.3 cm³/mol. The van der Waals surface area contributed by atoms with Crippen LogP contribution in [0, 0.1) is 0 Å². The molecule has 3 nitrogen and oxygen atoms in total. The van der Waals surface area contributed by atoms with Gasteiger partial charge < -0.3 is 10.1 Å². The first-order valence-electron chi connectivity index (χ1n) is 8.04. The van der Waals surface area contributed by atoms with E-state index in [9.17, 15) is 13.2 Å². The summed E-state index contributed by atoms with van der Waals surface area (Å²) in [6, 6.07) is 0.452. The fraction of sp³-hybridized carbons (Fsp3) is 1.00. The van der Waals surface area contributed by atoms with Gasteiger partial charge in [0, 0.05) is 37.8 Å². The molecule has 2 aliphatic rings. The molecular weight excluding hydrogens is 281 g/mol. The number of rotatable bonds is 5. The maximum Gasteiger partial charge on any atom is 0.411 e. The molecule has 1 atom stereocenters. The molecular formula is C15H27F3N2O. The van der Waals surface area contributed by atoms with Gasteiger partial charge in [-0.15, -0.1) is 0 Å². The summed E-state index contributed by atoms with van der Waals surface area (Å²) in [5, 5.41) is 3.57. The monoisotopic (exact) mass is 308 g/mol. The van der Waals surface area contributed by atoms with Gasteiger partial charge in [0.25, 0.3) is 0 Å². The van der Waals surface area contributed by atoms with Crippen LogP contribution in [-0.4, -0.2) is 55.5 Å². The van der Waals surface area contributed by atoms with Crippen molar-refractivity contribution in [2.24, 2.45) is 0 Å². The van der Waals surface area contributed by atoms with Crippen molar-refractivity contribution in [1.82, 2.24) is 10.2 Å². The number of piperazine rings is 1. The molecule has 0 aromatic rings. The second-order valence-corrected chi connectivity index (χ2v) is 6.53. The zero-order valence-corrected chi connectivity index (χ0v) is 12.8. The Morgan fingerprint density at radius 3 is 2.62 bits per heavy atom. The second kappa shape index (κ2) is 7.29. The zero-order valence-electron chi connectivity index (χ0n) is 12.8. The van der Waals surface area contributed by atoms with Gasteiger partial charge in [0.1, 0.15) is 6.61 Å². The normalized spacial score (nSPS) is 27.1. The number of hydrogen-bond donors (Lipinski definition) is 1. The molecule has 2 fully saturated rings. The highest BCUT2D eigenvalue weighted by atomic mass is 19.4. The van der Waals surface area contributed by atoms with Crippen LogP contribution in [-0.2, 0) is 4.74 Å². The van der Waals surface area contributed by atoms with E-state index in [1.807, 2.05) is 0 Å². The molecule has 6 heteroatoms. The average molecular weight is 308 g/mol. The number of nitrogens with zero attached hydrogens (tertiary/aromatic N) is 1. The van der Waals surface area contributed by atoms with E-state index in [1.54, 1.807) is 0 Å². The lowest BCUT2D eigenvalue weighted by Gasteiger charge is -2.51. The highest BCUT2D eigenvalue weighted by Crippen LogP contribution is 2.35. The molecule has 1 N–H and O–H groups in total. The van der Waals surface area contributed by atoms with Gasteiger partial charge in [-0.25, -0.2) is 0 Å². The fourth-order valence-corrected chi connectivity index (χ4v) is 3.64. The van der Waals surface area contributed by atoms with Crippen molar-refractivity contribution in [3.63, 3.8) is 0 Å². The molecule has 0 radical (unpaired) electrons. The van der Waals surface area contributed by atoms with Crippen LogP contribution in [0.5, 0.6) is 0 Å². The van der Waals surface area contributed by atoms with E-state index in [1.165, 1.54) is 32.1 Å². The lowest BCUT2D eigenvalue weighted by Crippen LogP contribution is -2.64. The van der Waals surface area contributed by atoms with Gasteiger partial charge >= 0.3 is 6.18 Å². The van der Waals surface area contributed by atoms with Gasteiger partial charge in [-0.1, -0.05) is 19.3 Å². The summed E-state index contributed by atoms with van der Waals surface area (Å²) in [6.45, 7) is 4.06. The van der Waals surface area contributed by atoms with Gasteiger partial charge in [0.2, 0.25) is 0 Å². The standard InChI is InChI=1S/C15H27F3N2O/c1-13-10-20(8-5-9-21-12-15(16,17)18)14(11-19-13)6-3-2-4-7-14/h13,19H,2-12H2,1H3. The minimum Gasteiger partial charge on any atom is -0.372 e. The van der Waals surface area contributed by atoms with Crippen LogP contribution in [0.4, 0.5) is 13.2 Å². The minimum absolute atomic E-state index is 0.188. The lowest BCUT2D eigenvalue weighted by atomic mass is 9.78. The first-order chi connectivity index (χ1) is 9.91. The Hall–Kier alpha value is -0.330. The number of nitrogens with one attached hydrogen (secondary N) is 1. The zero-order chi connectivity index (χ0) is 15.3. The summed E-state index contributed by atoms with van der Waals surface area (Å²) in [5.74, 6) is 0. The Balaban J connectivity index is 1.78. The number of halogens is 3. The summed E-state index contributed by atoms with van der Waals surface area (Å²) in [4.78, 5) is 2.50. The molecule has 1 unspecified atom stereocenters. The summed E-state index contributed by atoms with van der Waals surface area (Å²) >= 11 is 0. The Morgan fingerprint density at radius 2 is 1.95 bits per heavy atom. The molecule has 1 spiro atoms. The Labute approximate surface area is 125 Å². The van der Waals surface area contributed by atoms with Gasteiger partial charge in [-0.3, -0.25) is 4.90 Å². The van der Waals surface area contributed by atoms with E-state index in [4.69, 9.17) is 4.74 Å². The van der Waals surface area contributed by atoms with Crippen LogP contribution >= 0.6 is 0 Å². The molecule has 21 heavy (non-hydrogen) atoms. The lowest BCUT2D eigenvalue weighted by molar-refractivity contribution is -0.174. The average Bonchev–Trinajstić information content (AvgIpc) is 2.42. The van der Waals surface area contributed by atoms with E-state index in [0.717, 1.165) is 19.6 Å². The molecule has 2 rings (SSSR count). The van der Waals surface area contributed by atoms with Crippen molar-refractivity contribution in [2.75, 3.05) is 32.8 Å². The number of hydrogen-bond acceptors (Lipinski definition) is 3. The van der Waals surface area contributed by atoms with Crippen molar-refractivity contribution in [3.8, 4) is 0 Å². The molecule has 1 saturated heterocycles. The molecule has 1 heterocycles. The summed E-state index contributed by atoms with van der Waals surface area (Å²) in [5.41, 5.74) is 0.231. The quantitative estimate of drug-likeness (QED) is 0.790. The van der Waals surface area contributed by atoms with E-state index < -0.39 is 12.8 Å². The Bertz CT molecular complexity index is 317. The predicted octanol–water partition coefficient (Wildman–Crippen LogP) is 2.95. The minimum atomic E-state index is -4.21. The number of ether oxygens (including phenoxy) is 1. The van der Waals surface area contributed by atoms with Crippen molar-refractivity contribution >= 4 is 0 Å². The topological polar surface area (TPSA) is 24.5 Å². The molecule has 124 valence electrons. The molecule has 0 aromatic carbocycles. The maximum atomic E-state index is 12.0. The highest BCUT2D eigenvalue weighted by molar-refractivity contribution is 4.99. The van der Waals surface area contributed by atoms with Gasteiger partial charge in [0.15, 0.2) is 0 Å². The largest absolute Gasteiger partial charge is 0.411 e. The third-order valence-corrected chi connectivity index (χ3v) is 4.71. The second-order valence-electron chi connectivity index (χ2n) is 6.53. The number of alkyl halides is 3.